The van der Waals surface area contributed by atoms with E-state index in [2.05, 4.69) is 15.3 Å². The van der Waals surface area contributed by atoms with Crippen molar-refractivity contribution in [2.24, 2.45) is 0 Å². The summed E-state index contributed by atoms with van der Waals surface area (Å²) in [5.41, 5.74) is 3.89. The van der Waals surface area contributed by atoms with Gasteiger partial charge in [-0.1, -0.05) is 24.3 Å². The van der Waals surface area contributed by atoms with Crippen molar-refractivity contribution in [2.75, 3.05) is 5.32 Å². The van der Waals surface area contributed by atoms with E-state index in [0.29, 0.717) is 5.52 Å². The number of aromatic nitrogens is 2. The average Bonchev–Trinajstić information content (AvgIpc) is 2.74. The van der Waals surface area contributed by atoms with Crippen LogP contribution in [0.15, 0.2) is 72.9 Å². The summed E-state index contributed by atoms with van der Waals surface area (Å²) in [7, 11) is 0. The number of phenols is 1. The fourth-order valence-electron chi connectivity index (χ4n) is 3.45. The number of pyridine rings is 2. The maximum absolute atomic E-state index is 11.1. The molecule has 1 atom stereocenters. The molecule has 0 fully saturated rings. The standard InChI is InChI=1S/C25H25N3O2/c1-16(2)30-20-12-10-19(11-13-20)28-24(22-6-4-5-15-26-22)21-14-9-18-8-7-17(3)27-23(18)25(21)29/h4-16,24,28-29H,1-3H3. The molecule has 0 saturated carbocycles. The highest BCUT2D eigenvalue weighted by molar-refractivity contribution is 5.86. The van der Waals surface area contributed by atoms with Crippen molar-refractivity contribution in [3.63, 3.8) is 0 Å². The predicted molar refractivity (Wildman–Crippen MR) is 120 cm³/mol. The van der Waals surface area contributed by atoms with Crippen LogP contribution in [0.4, 0.5) is 5.69 Å². The molecule has 0 radical (unpaired) electrons. The molecule has 0 aliphatic carbocycles. The number of aryl methyl sites for hydroxylation is 1. The van der Waals surface area contributed by atoms with Gasteiger partial charge in [0.2, 0.25) is 0 Å². The van der Waals surface area contributed by atoms with Gasteiger partial charge in [-0.05, 0) is 63.2 Å². The van der Waals surface area contributed by atoms with Crippen LogP contribution in [-0.4, -0.2) is 21.2 Å². The summed E-state index contributed by atoms with van der Waals surface area (Å²) >= 11 is 0. The summed E-state index contributed by atoms with van der Waals surface area (Å²) in [6.07, 6.45) is 1.87. The van der Waals surface area contributed by atoms with Gasteiger partial charge < -0.3 is 15.2 Å². The molecular weight excluding hydrogens is 374 g/mol. The molecule has 4 rings (SSSR count). The van der Waals surface area contributed by atoms with Crippen LogP contribution in [0.1, 0.15) is 36.8 Å². The highest BCUT2D eigenvalue weighted by atomic mass is 16.5. The fourth-order valence-corrected chi connectivity index (χ4v) is 3.45. The van der Waals surface area contributed by atoms with Gasteiger partial charge in [0.25, 0.3) is 0 Å². The minimum absolute atomic E-state index is 0.121. The number of ether oxygens (including phenoxy) is 1. The topological polar surface area (TPSA) is 67.3 Å². The van der Waals surface area contributed by atoms with E-state index < -0.39 is 0 Å². The zero-order valence-corrected chi connectivity index (χ0v) is 17.3. The Labute approximate surface area is 176 Å². The summed E-state index contributed by atoms with van der Waals surface area (Å²) in [5.74, 6) is 0.984. The summed E-state index contributed by atoms with van der Waals surface area (Å²) < 4.78 is 5.73. The molecular formula is C25H25N3O2. The second kappa shape index (κ2) is 8.41. The lowest BCUT2D eigenvalue weighted by Gasteiger charge is -2.22. The molecule has 0 saturated heterocycles. The Morgan fingerprint density at radius 2 is 1.70 bits per heavy atom. The molecule has 0 aliphatic rings. The van der Waals surface area contributed by atoms with E-state index in [4.69, 9.17) is 4.74 Å². The molecule has 2 N–H and O–H groups in total. The number of anilines is 1. The first-order chi connectivity index (χ1) is 14.5. The molecule has 2 heterocycles. The quantitative estimate of drug-likeness (QED) is 0.440. The maximum atomic E-state index is 11.1. The Bertz CT molecular complexity index is 1140. The molecule has 0 aliphatic heterocycles. The summed E-state index contributed by atoms with van der Waals surface area (Å²) in [6, 6.07) is 21.0. The second-order valence-corrected chi connectivity index (χ2v) is 7.55. The molecule has 152 valence electrons. The third kappa shape index (κ3) is 4.20. The molecule has 30 heavy (non-hydrogen) atoms. The van der Waals surface area contributed by atoms with Crippen molar-refractivity contribution < 1.29 is 9.84 Å². The number of benzene rings is 2. The maximum Gasteiger partial charge on any atom is 0.147 e. The lowest BCUT2D eigenvalue weighted by Crippen LogP contribution is -2.14. The zero-order valence-electron chi connectivity index (χ0n) is 17.3. The van der Waals surface area contributed by atoms with Crippen LogP contribution in [0, 0.1) is 6.92 Å². The number of nitrogens with one attached hydrogen (secondary N) is 1. The van der Waals surface area contributed by atoms with Crippen LogP contribution in [-0.2, 0) is 0 Å². The highest BCUT2D eigenvalue weighted by Gasteiger charge is 2.21. The highest BCUT2D eigenvalue weighted by Crippen LogP contribution is 2.36. The number of nitrogens with zero attached hydrogens (tertiary/aromatic N) is 2. The molecule has 5 nitrogen and oxygen atoms in total. The van der Waals surface area contributed by atoms with Gasteiger partial charge in [0.15, 0.2) is 0 Å². The molecule has 5 heteroatoms. The van der Waals surface area contributed by atoms with E-state index in [9.17, 15) is 5.11 Å². The van der Waals surface area contributed by atoms with E-state index in [0.717, 1.165) is 33.8 Å². The van der Waals surface area contributed by atoms with E-state index in [1.807, 2.05) is 87.5 Å². The largest absolute Gasteiger partial charge is 0.505 e. The lowest BCUT2D eigenvalue weighted by atomic mass is 9.99. The summed E-state index contributed by atoms with van der Waals surface area (Å²) in [6.45, 7) is 5.92. The Morgan fingerprint density at radius 3 is 2.40 bits per heavy atom. The van der Waals surface area contributed by atoms with Crippen molar-refractivity contribution >= 4 is 16.6 Å². The summed E-state index contributed by atoms with van der Waals surface area (Å²) in [5, 5.41) is 15.5. The third-order valence-electron chi connectivity index (χ3n) is 4.84. The number of hydrogen-bond acceptors (Lipinski definition) is 5. The van der Waals surface area contributed by atoms with Gasteiger partial charge in [0, 0.05) is 28.5 Å². The first-order valence-electron chi connectivity index (χ1n) is 10.0. The van der Waals surface area contributed by atoms with Crippen molar-refractivity contribution in [1.29, 1.82) is 0 Å². The number of fused-ring (bicyclic) bond motifs is 1. The Kier molecular flexibility index (Phi) is 5.53. The smallest absolute Gasteiger partial charge is 0.147 e. The van der Waals surface area contributed by atoms with Gasteiger partial charge in [-0.3, -0.25) is 4.98 Å². The molecule has 1 unspecified atom stereocenters. The van der Waals surface area contributed by atoms with Crippen molar-refractivity contribution in [1.82, 2.24) is 9.97 Å². The lowest BCUT2D eigenvalue weighted by molar-refractivity contribution is 0.242. The number of aromatic hydroxyl groups is 1. The molecule has 0 spiro atoms. The Balaban J connectivity index is 1.74. The Morgan fingerprint density at radius 1 is 0.933 bits per heavy atom. The molecule has 2 aromatic heterocycles. The van der Waals surface area contributed by atoms with Crippen molar-refractivity contribution in [2.45, 2.75) is 32.9 Å². The van der Waals surface area contributed by atoms with Gasteiger partial charge in [-0.15, -0.1) is 0 Å². The number of hydrogen-bond donors (Lipinski definition) is 2. The van der Waals surface area contributed by atoms with E-state index in [-0.39, 0.29) is 17.9 Å². The Hall–Kier alpha value is -3.60. The fraction of sp³-hybridized carbons (Fsp3) is 0.200. The first-order valence-corrected chi connectivity index (χ1v) is 10.0. The second-order valence-electron chi connectivity index (χ2n) is 7.55. The monoisotopic (exact) mass is 399 g/mol. The summed E-state index contributed by atoms with van der Waals surface area (Å²) in [4.78, 5) is 9.07. The minimum Gasteiger partial charge on any atom is -0.505 e. The van der Waals surface area contributed by atoms with Crippen LogP contribution in [0.25, 0.3) is 10.9 Å². The van der Waals surface area contributed by atoms with Gasteiger partial charge in [0.1, 0.15) is 17.0 Å². The van der Waals surface area contributed by atoms with Crippen LogP contribution in [0.3, 0.4) is 0 Å². The van der Waals surface area contributed by atoms with Gasteiger partial charge in [0.05, 0.1) is 17.8 Å². The van der Waals surface area contributed by atoms with Crippen LogP contribution in [0.2, 0.25) is 0 Å². The SMILES string of the molecule is Cc1ccc2ccc(C(Nc3ccc(OC(C)C)cc3)c3ccccn3)c(O)c2n1. The normalized spacial score (nSPS) is 12.1. The predicted octanol–water partition coefficient (Wildman–Crippen LogP) is 5.63. The van der Waals surface area contributed by atoms with E-state index >= 15 is 0 Å². The van der Waals surface area contributed by atoms with Crippen LogP contribution >= 0.6 is 0 Å². The van der Waals surface area contributed by atoms with Crippen molar-refractivity contribution in [3.05, 3.63) is 89.9 Å². The van der Waals surface area contributed by atoms with Gasteiger partial charge in [-0.2, -0.15) is 0 Å². The van der Waals surface area contributed by atoms with Gasteiger partial charge >= 0.3 is 0 Å². The third-order valence-corrected chi connectivity index (χ3v) is 4.84. The van der Waals surface area contributed by atoms with Crippen molar-refractivity contribution in [3.8, 4) is 11.5 Å². The molecule has 0 bridgehead atoms. The van der Waals surface area contributed by atoms with Crippen LogP contribution < -0.4 is 10.1 Å². The van der Waals surface area contributed by atoms with E-state index in [1.54, 1.807) is 6.20 Å². The zero-order chi connectivity index (χ0) is 21.1. The number of rotatable bonds is 6. The molecule has 0 amide bonds. The average molecular weight is 399 g/mol. The van der Waals surface area contributed by atoms with E-state index in [1.165, 1.54) is 0 Å². The minimum atomic E-state index is -0.338. The number of phenolic OH excluding ortho intramolecular Hbond substituents is 1. The van der Waals surface area contributed by atoms with Gasteiger partial charge in [-0.25, -0.2) is 4.98 Å². The first kappa shape index (κ1) is 19.7. The molecule has 4 aromatic rings. The van der Waals surface area contributed by atoms with Crippen LogP contribution in [0.5, 0.6) is 11.5 Å². The molecule has 2 aromatic carbocycles.